The van der Waals surface area contributed by atoms with Gasteiger partial charge >= 0.3 is 0 Å². The molecule has 0 spiro atoms. The van der Waals surface area contributed by atoms with Gasteiger partial charge in [-0.3, -0.25) is 0 Å². The van der Waals surface area contributed by atoms with Crippen molar-refractivity contribution in [3.8, 4) is 0 Å². The van der Waals surface area contributed by atoms with Crippen LogP contribution in [-0.4, -0.2) is 7.05 Å². The highest BCUT2D eigenvalue weighted by Gasteiger charge is 2.19. The topological polar surface area (TPSA) is 12.0 Å². The van der Waals surface area contributed by atoms with E-state index in [2.05, 4.69) is 21.2 Å². The average Bonchev–Trinajstić information content (AvgIpc) is 2.65. The first-order chi connectivity index (χ1) is 8.52. The Morgan fingerprint density at radius 3 is 2.67 bits per heavy atom. The second kappa shape index (κ2) is 5.70. The summed E-state index contributed by atoms with van der Waals surface area (Å²) >= 11 is 10.9. The van der Waals surface area contributed by atoms with E-state index in [-0.39, 0.29) is 11.9 Å². The van der Waals surface area contributed by atoms with E-state index in [0.29, 0.717) is 5.56 Å². The van der Waals surface area contributed by atoms with Crippen LogP contribution in [0.15, 0.2) is 28.7 Å². The summed E-state index contributed by atoms with van der Waals surface area (Å²) in [6.07, 6.45) is 0. The van der Waals surface area contributed by atoms with Gasteiger partial charge in [0.15, 0.2) is 0 Å². The lowest BCUT2D eigenvalue weighted by Gasteiger charge is -2.16. The molecule has 0 aliphatic heterocycles. The van der Waals surface area contributed by atoms with Crippen molar-refractivity contribution >= 4 is 38.9 Å². The summed E-state index contributed by atoms with van der Waals surface area (Å²) in [6, 6.07) is 6.76. The largest absolute Gasteiger partial charge is 0.309 e. The van der Waals surface area contributed by atoms with Gasteiger partial charge in [-0.15, -0.1) is 11.3 Å². The van der Waals surface area contributed by atoms with Crippen LogP contribution in [0.25, 0.3) is 0 Å². The Hall–Kier alpha value is -0.420. The first kappa shape index (κ1) is 14.0. The Morgan fingerprint density at radius 2 is 2.11 bits per heavy atom. The molecule has 0 radical (unpaired) electrons. The van der Waals surface area contributed by atoms with Crippen LogP contribution < -0.4 is 5.32 Å². The summed E-state index contributed by atoms with van der Waals surface area (Å²) in [5.74, 6) is -0.222. The molecule has 0 aliphatic rings. The van der Waals surface area contributed by atoms with E-state index < -0.39 is 0 Å². The standard InChI is InChI=1S/C13H12BrClFNS/c1-7-5-11(18-13(7)15)12(17-2)9-6-8(14)3-4-10(9)16/h3-6,12,17H,1-2H3. The van der Waals surface area contributed by atoms with Crippen LogP contribution in [-0.2, 0) is 0 Å². The van der Waals surface area contributed by atoms with Crippen molar-refractivity contribution < 1.29 is 4.39 Å². The van der Waals surface area contributed by atoms with Gasteiger partial charge in [0.2, 0.25) is 0 Å². The number of nitrogens with one attached hydrogen (secondary N) is 1. The molecule has 2 rings (SSSR count). The van der Waals surface area contributed by atoms with Crippen molar-refractivity contribution in [2.75, 3.05) is 7.05 Å². The molecule has 1 heterocycles. The van der Waals surface area contributed by atoms with Crippen LogP contribution in [0.3, 0.4) is 0 Å². The van der Waals surface area contributed by atoms with Crippen molar-refractivity contribution in [3.63, 3.8) is 0 Å². The smallest absolute Gasteiger partial charge is 0.128 e. The summed E-state index contributed by atoms with van der Waals surface area (Å²) in [5.41, 5.74) is 1.64. The zero-order valence-electron chi connectivity index (χ0n) is 9.93. The van der Waals surface area contributed by atoms with Crippen molar-refractivity contribution in [2.24, 2.45) is 0 Å². The molecule has 5 heteroatoms. The third-order valence-corrected chi connectivity index (χ3v) is 4.83. The molecule has 0 amide bonds. The Labute approximate surface area is 123 Å². The normalized spacial score (nSPS) is 12.7. The molecular weight excluding hydrogens is 337 g/mol. The van der Waals surface area contributed by atoms with Gasteiger partial charge in [-0.05, 0) is 43.8 Å². The van der Waals surface area contributed by atoms with Crippen LogP contribution in [0, 0.1) is 12.7 Å². The molecular formula is C13H12BrClFNS. The van der Waals surface area contributed by atoms with E-state index in [1.807, 2.05) is 20.0 Å². The lowest BCUT2D eigenvalue weighted by Crippen LogP contribution is -2.17. The predicted molar refractivity (Wildman–Crippen MR) is 79.1 cm³/mol. The van der Waals surface area contributed by atoms with Crippen molar-refractivity contribution in [2.45, 2.75) is 13.0 Å². The molecule has 1 aromatic heterocycles. The van der Waals surface area contributed by atoms with E-state index in [1.165, 1.54) is 17.4 Å². The molecule has 0 fully saturated rings. The molecule has 96 valence electrons. The van der Waals surface area contributed by atoms with Gasteiger partial charge in [0.25, 0.3) is 0 Å². The average molecular weight is 349 g/mol. The highest BCUT2D eigenvalue weighted by atomic mass is 79.9. The maximum absolute atomic E-state index is 13.9. The minimum absolute atomic E-state index is 0.182. The first-order valence-electron chi connectivity index (χ1n) is 5.41. The van der Waals surface area contributed by atoms with Crippen LogP contribution in [0.1, 0.15) is 22.0 Å². The fourth-order valence-corrected chi connectivity index (χ4v) is 3.54. The Bertz CT molecular complexity index is 551. The molecule has 1 aromatic carbocycles. The van der Waals surface area contributed by atoms with Crippen LogP contribution >= 0.6 is 38.9 Å². The molecule has 18 heavy (non-hydrogen) atoms. The van der Waals surface area contributed by atoms with E-state index in [0.717, 1.165) is 19.2 Å². The molecule has 1 atom stereocenters. The summed E-state index contributed by atoms with van der Waals surface area (Å²) in [6.45, 7) is 1.95. The third kappa shape index (κ3) is 2.77. The molecule has 0 aliphatic carbocycles. The third-order valence-electron chi connectivity index (χ3n) is 2.72. The van der Waals surface area contributed by atoms with Gasteiger partial charge in [0.1, 0.15) is 5.82 Å². The molecule has 0 saturated heterocycles. The molecule has 1 N–H and O–H groups in total. The quantitative estimate of drug-likeness (QED) is 0.830. The zero-order valence-corrected chi connectivity index (χ0v) is 13.1. The summed E-state index contributed by atoms with van der Waals surface area (Å²) in [5, 5.41) is 3.13. The fourth-order valence-electron chi connectivity index (χ4n) is 1.81. The lowest BCUT2D eigenvalue weighted by molar-refractivity contribution is 0.579. The maximum atomic E-state index is 13.9. The monoisotopic (exact) mass is 347 g/mol. The van der Waals surface area contributed by atoms with Crippen LogP contribution in [0.5, 0.6) is 0 Å². The maximum Gasteiger partial charge on any atom is 0.128 e. The van der Waals surface area contributed by atoms with Gasteiger partial charge in [0, 0.05) is 14.9 Å². The molecule has 0 saturated carbocycles. The fraction of sp³-hybridized carbons (Fsp3) is 0.231. The summed E-state index contributed by atoms with van der Waals surface area (Å²) in [4.78, 5) is 1.01. The Kier molecular flexibility index (Phi) is 4.43. The number of aryl methyl sites for hydroxylation is 1. The summed E-state index contributed by atoms with van der Waals surface area (Å²) in [7, 11) is 1.81. The molecule has 1 nitrogen and oxygen atoms in total. The second-order valence-corrected chi connectivity index (χ2v) is 6.59. The van der Waals surface area contributed by atoms with Gasteiger partial charge < -0.3 is 5.32 Å². The Morgan fingerprint density at radius 1 is 1.39 bits per heavy atom. The van der Waals surface area contributed by atoms with Gasteiger partial charge in [-0.2, -0.15) is 0 Å². The second-order valence-electron chi connectivity index (χ2n) is 3.99. The zero-order chi connectivity index (χ0) is 13.3. The van der Waals surface area contributed by atoms with Gasteiger partial charge in [-0.1, -0.05) is 27.5 Å². The van der Waals surface area contributed by atoms with Crippen molar-refractivity contribution in [3.05, 3.63) is 54.9 Å². The number of thiophene rings is 1. The first-order valence-corrected chi connectivity index (χ1v) is 7.39. The highest BCUT2D eigenvalue weighted by Crippen LogP contribution is 2.35. The van der Waals surface area contributed by atoms with Gasteiger partial charge in [-0.25, -0.2) is 4.39 Å². The van der Waals surface area contributed by atoms with E-state index in [1.54, 1.807) is 12.1 Å². The van der Waals surface area contributed by atoms with Crippen LogP contribution in [0.4, 0.5) is 4.39 Å². The number of rotatable bonds is 3. The Balaban J connectivity index is 2.48. The number of halogens is 3. The minimum Gasteiger partial charge on any atom is -0.309 e. The van der Waals surface area contributed by atoms with E-state index >= 15 is 0 Å². The van der Waals surface area contributed by atoms with Crippen LogP contribution in [0.2, 0.25) is 4.34 Å². The predicted octanol–water partition coefficient (Wildman–Crippen LogP) is 4.92. The number of hydrogen-bond donors (Lipinski definition) is 1. The van der Waals surface area contributed by atoms with E-state index in [9.17, 15) is 4.39 Å². The van der Waals surface area contributed by atoms with Crippen molar-refractivity contribution in [1.82, 2.24) is 5.32 Å². The summed E-state index contributed by atoms with van der Waals surface area (Å²) < 4.78 is 15.5. The number of hydrogen-bond acceptors (Lipinski definition) is 2. The van der Waals surface area contributed by atoms with Crippen molar-refractivity contribution in [1.29, 1.82) is 0 Å². The molecule has 2 aromatic rings. The van der Waals surface area contributed by atoms with E-state index in [4.69, 9.17) is 11.6 Å². The minimum atomic E-state index is -0.222. The van der Waals surface area contributed by atoms with Gasteiger partial charge in [0.05, 0.1) is 10.4 Å². The highest BCUT2D eigenvalue weighted by molar-refractivity contribution is 9.10. The number of benzene rings is 1. The lowest BCUT2D eigenvalue weighted by atomic mass is 10.0. The molecule has 1 unspecified atom stereocenters. The molecule has 0 bridgehead atoms. The SMILES string of the molecule is CNC(c1cc(C)c(Cl)s1)c1cc(Br)ccc1F.